The number of pyridine rings is 1. The first-order chi connectivity index (χ1) is 9.15. The van der Waals surface area contributed by atoms with Crippen LogP contribution in [0.15, 0.2) is 12.3 Å². The number of nitrogens with zero attached hydrogens (tertiary/aromatic N) is 4. The van der Waals surface area contributed by atoms with Gasteiger partial charge in [-0.2, -0.15) is 5.26 Å². The summed E-state index contributed by atoms with van der Waals surface area (Å²) < 4.78 is 0. The Kier molecular flexibility index (Phi) is 3.92. The predicted molar refractivity (Wildman–Crippen MR) is 69.9 cm³/mol. The zero-order valence-electron chi connectivity index (χ0n) is 10.7. The van der Waals surface area contributed by atoms with Crippen LogP contribution >= 0.6 is 0 Å². The number of nitro groups is 1. The van der Waals surface area contributed by atoms with Crippen LogP contribution in [0.2, 0.25) is 0 Å². The Balaban J connectivity index is 2.25. The lowest BCUT2D eigenvalue weighted by Gasteiger charge is -2.17. The lowest BCUT2D eigenvalue weighted by atomic mass is 10.1. The predicted octanol–water partition coefficient (Wildman–Crippen LogP) is 0.907. The van der Waals surface area contributed by atoms with Gasteiger partial charge >= 0.3 is 5.69 Å². The van der Waals surface area contributed by atoms with E-state index in [9.17, 15) is 10.1 Å². The van der Waals surface area contributed by atoms with Gasteiger partial charge in [0.15, 0.2) is 0 Å². The molecule has 1 N–H and O–H groups in total. The zero-order chi connectivity index (χ0) is 13.8. The Hall–Kier alpha value is -2.20. The Morgan fingerprint density at radius 1 is 1.74 bits per heavy atom. The van der Waals surface area contributed by atoms with Crippen LogP contribution in [0.4, 0.5) is 11.5 Å². The molecule has 0 spiro atoms. The van der Waals surface area contributed by atoms with Gasteiger partial charge in [0.2, 0.25) is 5.82 Å². The summed E-state index contributed by atoms with van der Waals surface area (Å²) in [6, 6.07) is 3.16. The molecule has 1 saturated heterocycles. The molecule has 7 heteroatoms. The van der Waals surface area contributed by atoms with E-state index in [0.717, 1.165) is 26.1 Å². The van der Waals surface area contributed by atoms with Crippen LogP contribution in [0, 0.1) is 27.4 Å². The fraction of sp³-hybridized carbons (Fsp3) is 0.500. The standard InChI is InChI=1S/C12H15N5O2/c1-14-6-9-2-3-16(8-9)12-11(17(18)19)4-10(5-13)7-15-12/h4,7,9,14H,2-3,6,8H2,1H3. The molecule has 2 rings (SSSR count). The fourth-order valence-electron chi connectivity index (χ4n) is 2.37. The van der Waals surface area contributed by atoms with Gasteiger partial charge in [0.05, 0.1) is 10.5 Å². The highest BCUT2D eigenvalue weighted by atomic mass is 16.6. The van der Waals surface area contributed by atoms with E-state index in [-0.39, 0.29) is 11.3 Å². The first-order valence-electron chi connectivity index (χ1n) is 6.09. The molecule has 19 heavy (non-hydrogen) atoms. The number of hydrogen-bond donors (Lipinski definition) is 1. The summed E-state index contributed by atoms with van der Waals surface area (Å²) in [4.78, 5) is 16.6. The van der Waals surface area contributed by atoms with Crippen molar-refractivity contribution in [2.24, 2.45) is 5.92 Å². The molecular weight excluding hydrogens is 246 g/mol. The van der Waals surface area contributed by atoms with Gasteiger partial charge in [-0.25, -0.2) is 4.98 Å². The van der Waals surface area contributed by atoms with Crippen molar-refractivity contribution in [3.63, 3.8) is 0 Å². The van der Waals surface area contributed by atoms with Crippen LogP contribution in [0.1, 0.15) is 12.0 Å². The largest absolute Gasteiger partial charge is 0.351 e. The summed E-state index contributed by atoms with van der Waals surface area (Å²) in [6.45, 7) is 2.40. The van der Waals surface area contributed by atoms with Crippen LogP contribution in [0.3, 0.4) is 0 Å². The first kappa shape index (κ1) is 13.2. The molecule has 1 fully saturated rings. The quantitative estimate of drug-likeness (QED) is 0.639. The van der Waals surface area contributed by atoms with Gasteiger partial charge in [-0.05, 0) is 25.9 Å². The SMILES string of the molecule is CNCC1CCN(c2ncc(C#N)cc2[N+](=O)[O-])C1. The summed E-state index contributed by atoms with van der Waals surface area (Å²) in [5.41, 5.74) is 0.116. The summed E-state index contributed by atoms with van der Waals surface area (Å²) >= 11 is 0. The van der Waals surface area contributed by atoms with E-state index < -0.39 is 4.92 Å². The summed E-state index contributed by atoms with van der Waals surface area (Å²) in [7, 11) is 1.89. The number of nitrogens with one attached hydrogen (secondary N) is 1. The molecule has 0 aromatic carbocycles. The summed E-state index contributed by atoms with van der Waals surface area (Å²) in [5.74, 6) is 0.838. The van der Waals surface area contributed by atoms with E-state index in [1.54, 1.807) is 0 Å². The van der Waals surface area contributed by atoms with E-state index in [2.05, 4.69) is 10.3 Å². The first-order valence-corrected chi connectivity index (χ1v) is 6.09. The topological polar surface area (TPSA) is 95.1 Å². The monoisotopic (exact) mass is 261 g/mol. The smallest absolute Gasteiger partial charge is 0.312 e. The number of nitriles is 1. The second-order valence-corrected chi connectivity index (χ2v) is 4.59. The third kappa shape index (κ3) is 2.80. The van der Waals surface area contributed by atoms with Gasteiger partial charge in [-0.3, -0.25) is 10.1 Å². The molecular formula is C12H15N5O2. The Morgan fingerprint density at radius 2 is 2.53 bits per heavy atom. The fourth-order valence-corrected chi connectivity index (χ4v) is 2.37. The van der Waals surface area contributed by atoms with Crippen molar-refractivity contribution >= 4 is 11.5 Å². The average molecular weight is 261 g/mol. The normalized spacial score (nSPS) is 18.3. The van der Waals surface area contributed by atoms with Crippen molar-refractivity contribution in [2.75, 3.05) is 31.6 Å². The molecule has 0 amide bonds. The molecule has 1 aliphatic heterocycles. The van der Waals surface area contributed by atoms with Crippen LogP contribution < -0.4 is 10.2 Å². The van der Waals surface area contributed by atoms with Gasteiger partial charge in [-0.1, -0.05) is 0 Å². The van der Waals surface area contributed by atoms with E-state index in [0.29, 0.717) is 11.7 Å². The highest BCUT2D eigenvalue weighted by molar-refractivity contribution is 5.60. The second-order valence-electron chi connectivity index (χ2n) is 4.59. The van der Waals surface area contributed by atoms with Gasteiger partial charge in [-0.15, -0.1) is 0 Å². The highest BCUT2D eigenvalue weighted by Crippen LogP contribution is 2.30. The van der Waals surface area contributed by atoms with Crippen LogP contribution in [-0.2, 0) is 0 Å². The molecule has 1 aromatic heterocycles. The molecule has 0 saturated carbocycles. The summed E-state index contributed by atoms with van der Waals surface area (Å²) in [6.07, 6.45) is 2.37. The zero-order valence-corrected chi connectivity index (χ0v) is 10.7. The number of hydrogen-bond acceptors (Lipinski definition) is 6. The van der Waals surface area contributed by atoms with Crippen molar-refractivity contribution < 1.29 is 4.92 Å². The van der Waals surface area contributed by atoms with Crippen molar-refractivity contribution in [3.05, 3.63) is 27.9 Å². The maximum atomic E-state index is 11.1. The number of rotatable bonds is 4. The molecule has 0 radical (unpaired) electrons. The van der Waals surface area contributed by atoms with E-state index in [1.165, 1.54) is 12.3 Å². The van der Waals surface area contributed by atoms with E-state index in [4.69, 9.17) is 5.26 Å². The maximum Gasteiger partial charge on any atom is 0.312 e. The second kappa shape index (κ2) is 5.63. The van der Waals surface area contributed by atoms with Crippen LogP contribution in [-0.4, -0.2) is 36.6 Å². The molecule has 1 atom stereocenters. The lowest BCUT2D eigenvalue weighted by Crippen LogP contribution is -2.25. The van der Waals surface area contributed by atoms with E-state index >= 15 is 0 Å². The molecule has 1 unspecified atom stereocenters. The molecule has 100 valence electrons. The minimum Gasteiger partial charge on any atom is -0.351 e. The molecule has 7 nitrogen and oxygen atoms in total. The molecule has 2 heterocycles. The molecule has 1 aliphatic rings. The number of anilines is 1. The Bertz CT molecular complexity index is 525. The Morgan fingerprint density at radius 3 is 3.16 bits per heavy atom. The molecule has 0 aliphatic carbocycles. The van der Waals surface area contributed by atoms with Crippen molar-refractivity contribution in [1.29, 1.82) is 5.26 Å². The van der Waals surface area contributed by atoms with Crippen molar-refractivity contribution in [1.82, 2.24) is 10.3 Å². The summed E-state index contributed by atoms with van der Waals surface area (Å²) in [5, 5.41) is 23.0. The third-order valence-corrected chi connectivity index (χ3v) is 3.25. The van der Waals surface area contributed by atoms with Crippen LogP contribution in [0.5, 0.6) is 0 Å². The minimum absolute atomic E-state index is 0.0934. The molecule has 1 aromatic rings. The lowest BCUT2D eigenvalue weighted by molar-refractivity contribution is -0.384. The van der Waals surface area contributed by atoms with Crippen LogP contribution in [0.25, 0.3) is 0 Å². The maximum absolute atomic E-state index is 11.1. The van der Waals surface area contributed by atoms with Gasteiger partial charge in [0.1, 0.15) is 6.07 Å². The van der Waals surface area contributed by atoms with Gasteiger partial charge in [0.25, 0.3) is 0 Å². The van der Waals surface area contributed by atoms with Gasteiger partial charge < -0.3 is 10.2 Å². The van der Waals surface area contributed by atoms with Crippen molar-refractivity contribution in [3.8, 4) is 6.07 Å². The van der Waals surface area contributed by atoms with Crippen molar-refractivity contribution in [2.45, 2.75) is 6.42 Å². The minimum atomic E-state index is -0.478. The van der Waals surface area contributed by atoms with Gasteiger partial charge in [0, 0.05) is 25.4 Å². The number of aromatic nitrogens is 1. The Labute approximate surface area is 111 Å². The average Bonchev–Trinajstić information content (AvgIpc) is 2.87. The highest BCUT2D eigenvalue weighted by Gasteiger charge is 2.28. The van der Waals surface area contributed by atoms with E-state index in [1.807, 2.05) is 18.0 Å². The third-order valence-electron chi connectivity index (χ3n) is 3.25. The molecule has 0 bridgehead atoms.